The standard InChI is InChI=1S/C18H24FN5O3/c1-26-11-6-20-16(25)12-23-7-9-24(10-8-23)13-17-21-18(22-27-17)14-2-4-15(19)5-3-14/h2-5H,6-13H2,1H3,(H,20,25). The Balaban J connectivity index is 1.43. The number of aromatic nitrogens is 2. The Labute approximate surface area is 157 Å². The van der Waals surface area contributed by atoms with Gasteiger partial charge in [0.25, 0.3) is 0 Å². The van der Waals surface area contributed by atoms with Gasteiger partial charge < -0.3 is 14.6 Å². The van der Waals surface area contributed by atoms with Gasteiger partial charge in [0.1, 0.15) is 5.82 Å². The summed E-state index contributed by atoms with van der Waals surface area (Å²) in [6.45, 7) is 5.24. The molecule has 2 aromatic rings. The second-order valence-corrected chi connectivity index (χ2v) is 6.41. The first kappa shape index (κ1) is 19.4. The number of hydrogen-bond acceptors (Lipinski definition) is 7. The number of ether oxygens (including phenoxy) is 1. The van der Waals surface area contributed by atoms with Crippen molar-refractivity contribution < 1.29 is 18.4 Å². The largest absolute Gasteiger partial charge is 0.383 e. The Morgan fingerprint density at radius 2 is 1.93 bits per heavy atom. The van der Waals surface area contributed by atoms with Crippen LogP contribution in [0.15, 0.2) is 28.8 Å². The minimum Gasteiger partial charge on any atom is -0.383 e. The molecule has 0 radical (unpaired) electrons. The molecular formula is C18H24FN5O3. The van der Waals surface area contributed by atoms with Gasteiger partial charge in [0, 0.05) is 45.4 Å². The lowest BCUT2D eigenvalue weighted by atomic mass is 10.2. The Morgan fingerprint density at radius 1 is 1.22 bits per heavy atom. The van der Waals surface area contributed by atoms with E-state index in [-0.39, 0.29) is 11.7 Å². The maximum absolute atomic E-state index is 13.0. The number of nitrogens with one attached hydrogen (secondary N) is 1. The van der Waals surface area contributed by atoms with Gasteiger partial charge in [0.05, 0.1) is 19.7 Å². The molecule has 1 aliphatic heterocycles. The van der Waals surface area contributed by atoms with Crippen LogP contribution in [0.2, 0.25) is 0 Å². The number of hydrogen-bond donors (Lipinski definition) is 1. The summed E-state index contributed by atoms with van der Waals surface area (Å²) < 4.78 is 23.2. The second-order valence-electron chi connectivity index (χ2n) is 6.41. The molecule has 1 aromatic heterocycles. The van der Waals surface area contributed by atoms with Crippen molar-refractivity contribution in [3.8, 4) is 11.4 Å². The van der Waals surface area contributed by atoms with E-state index in [4.69, 9.17) is 9.26 Å². The van der Waals surface area contributed by atoms with Crippen LogP contribution < -0.4 is 5.32 Å². The summed E-state index contributed by atoms with van der Waals surface area (Å²) in [6.07, 6.45) is 0. The minimum atomic E-state index is -0.298. The smallest absolute Gasteiger partial charge is 0.241 e. The van der Waals surface area contributed by atoms with Gasteiger partial charge in [-0.15, -0.1) is 0 Å². The van der Waals surface area contributed by atoms with Crippen molar-refractivity contribution in [3.63, 3.8) is 0 Å². The van der Waals surface area contributed by atoms with Gasteiger partial charge in [-0.1, -0.05) is 5.16 Å². The summed E-state index contributed by atoms with van der Waals surface area (Å²) in [7, 11) is 1.61. The van der Waals surface area contributed by atoms with Crippen LogP contribution in [0.3, 0.4) is 0 Å². The van der Waals surface area contributed by atoms with E-state index < -0.39 is 0 Å². The van der Waals surface area contributed by atoms with E-state index in [1.54, 1.807) is 19.2 Å². The highest BCUT2D eigenvalue weighted by Crippen LogP contribution is 2.17. The molecule has 2 heterocycles. The molecule has 0 bridgehead atoms. The van der Waals surface area contributed by atoms with Crippen molar-refractivity contribution in [1.82, 2.24) is 25.3 Å². The number of benzene rings is 1. The zero-order valence-corrected chi connectivity index (χ0v) is 15.4. The molecular weight excluding hydrogens is 353 g/mol. The van der Waals surface area contributed by atoms with Crippen molar-refractivity contribution in [1.29, 1.82) is 0 Å². The minimum absolute atomic E-state index is 0.0151. The van der Waals surface area contributed by atoms with Crippen molar-refractivity contribution >= 4 is 5.91 Å². The number of halogens is 1. The van der Waals surface area contributed by atoms with Gasteiger partial charge in [-0.05, 0) is 24.3 Å². The predicted molar refractivity (Wildman–Crippen MR) is 96.3 cm³/mol. The lowest BCUT2D eigenvalue weighted by Crippen LogP contribution is -2.49. The van der Waals surface area contributed by atoms with Gasteiger partial charge >= 0.3 is 0 Å². The summed E-state index contributed by atoms with van der Waals surface area (Å²) in [5.74, 6) is 0.700. The van der Waals surface area contributed by atoms with E-state index in [2.05, 4.69) is 25.3 Å². The third kappa shape index (κ3) is 5.81. The molecule has 1 fully saturated rings. The predicted octanol–water partition coefficient (Wildman–Crippen LogP) is 0.756. The van der Waals surface area contributed by atoms with E-state index in [0.717, 1.165) is 31.7 Å². The number of rotatable bonds is 8. The molecule has 146 valence electrons. The molecule has 3 rings (SSSR count). The molecule has 1 amide bonds. The third-order valence-electron chi connectivity index (χ3n) is 4.39. The molecule has 1 saturated heterocycles. The van der Waals surface area contributed by atoms with Gasteiger partial charge in [-0.25, -0.2) is 4.39 Å². The van der Waals surface area contributed by atoms with Crippen LogP contribution in [0, 0.1) is 5.82 Å². The van der Waals surface area contributed by atoms with Crippen LogP contribution in [0.5, 0.6) is 0 Å². The molecule has 0 unspecified atom stereocenters. The summed E-state index contributed by atoms with van der Waals surface area (Å²) in [5, 5.41) is 6.79. The fourth-order valence-electron chi connectivity index (χ4n) is 2.88. The highest BCUT2D eigenvalue weighted by atomic mass is 19.1. The average Bonchev–Trinajstić information content (AvgIpc) is 3.13. The van der Waals surface area contributed by atoms with Crippen LogP contribution in [-0.4, -0.2) is 78.8 Å². The van der Waals surface area contributed by atoms with Crippen molar-refractivity contribution in [2.45, 2.75) is 6.54 Å². The summed E-state index contributed by atoms with van der Waals surface area (Å²) in [4.78, 5) is 20.6. The molecule has 1 aromatic carbocycles. The highest BCUT2D eigenvalue weighted by molar-refractivity contribution is 5.78. The number of nitrogens with zero attached hydrogens (tertiary/aromatic N) is 4. The number of amides is 1. The normalized spacial score (nSPS) is 15.8. The quantitative estimate of drug-likeness (QED) is 0.680. The SMILES string of the molecule is COCCNC(=O)CN1CCN(Cc2nc(-c3ccc(F)cc3)no2)CC1. The first-order chi connectivity index (χ1) is 13.1. The van der Waals surface area contributed by atoms with Gasteiger partial charge in [0.15, 0.2) is 0 Å². The van der Waals surface area contributed by atoms with E-state index in [1.165, 1.54) is 12.1 Å². The van der Waals surface area contributed by atoms with Crippen molar-refractivity contribution in [2.24, 2.45) is 0 Å². The molecule has 0 saturated carbocycles. The molecule has 0 aliphatic carbocycles. The molecule has 0 spiro atoms. The highest BCUT2D eigenvalue weighted by Gasteiger charge is 2.21. The lowest BCUT2D eigenvalue weighted by Gasteiger charge is -2.33. The van der Waals surface area contributed by atoms with Crippen molar-refractivity contribution in [2.75, 3.05) is 53.0 Å². The van der Waals surface area contributed by atoms with Crippen LogP contribution in [0.25, 0.3) is 11.4 Å². The summed E-state index contributed by atoms with van der Waals surface area (Å²) >= 11 is 0. The number of carbonyl (C=O) groups is 1. The first-order valence-corrected chi connectivity index (χ1v) is 8.93. The van der Waals surface area contributed by atoms with Crippen LogP contribution in [0.1, 0.15) is 5.89 Å². The molecule has 8 nitrogen and oxygen atoms in total. The monoisotopic (exact) mass is 377 g/mol. The Hall–Kier alpha value is -2.36. The van der Waals surface area contributed by atoms with E-state index in [1.807, 2.05) is 0 Å². The van der Waals surface area contributed by atoms with E-state index in [9.17, 15) is 9.18 Å². The number of carbonyl (C=O) groups excluding carboxylic acids is 1. The molecule has 1 N–H and O–H groups in total. The van der Waals surface area contributed by atoms with Crippen LogP contribution in [0.4, 0.5) is 4.39 Å². The maximum Gasteiger partial charge on any atom is 0.241 e. The fourth-order valence-corrected chi connectivity index (χ4v) is 2.88. The average molecular weight is 377 g/mol. The van der Waals surface area contributed by atoms with E-state index >= 15 is 0 Å². The Bertz CT molecular complexity index is 729. The Morgan fingerprint density at radius 3 is 2.63 bits per heavy atom. The molecule has 0 atom stereocenters. The molecule has 9 heteroatoms. The summed E-state index contributed by atoms with van der Waals surface area (Å²) in [6, 6.07) is 5.99. The number of methoxy groups -OCH3 is 1. The number of piperazine rings is 1. The zero-order chi connectivity index (χ0) is 19.1. The van der Waals surface area contributed by atoms with Crippen molar-refractivity contribution in [3.05, 3.63) is 36.0 Å². The van der Waals surface area contributed by atoms with Gasteiger partial charge in [-0.2, -0.15) is 4.98 Å². The maximum atomic E-state index is 13.0. The Kier molecular flexibility index (Phi) is 6.86. The molecule has 1 aliphatic rings. The molecule has 27 heavy (non-hydrogen) atoms. The summed E-state index contributed by atoms with van der Waals surface area (Å²) in [5.41, 5.74) is 0.718. The lowest BCUT2D eigenvalue weighted by molar-refractivity contribution is -0.122. The van der Waals surface area contributed by atoms with Gasteiger partial charge in [0.2, 0.25) is 17.6 Å². The van der Waals surface area contributed by atoms with E-state index in [0.29, 0.717) is 38.0 Å². The van der Waals surface area contributed by atoms with Crippen LogP contribution in [-0.2, 0) is 16.1 Å². The third-order valence-corrected chi connectivity index (χ3v) is 4.39. The van der Waals surface area contributed by atoms with Gasteiger partial charge in [-0.3, -0.25) is 14.6 Å². The first-order valence-electron chi connectivity index (χ1n) is 8.93. The zero-order valence-electron chi connectivity index (χ0n) is 15.4. The van der Waals surface area contributed by atoms with Crippen LogP contribution >= 0.6 is 0 Å². The fraction of sp³-hybridized carbons (Fsp3) is 0.500. The second kappa shape index (κ2) is 9.54. The topological polar surface area (TPSA) is 83.7 Å².